The van der Waals surface area contributed by atoms with Crippen molar-refractivity contribution in [1.29, 1.82) is 0 Å². The van der Waals surface area contributed by atoms with Crippen LogP contribution in [0.4, 0.5) is 4.39 Å². The summed E-state index contributed by atoms with van der Waals surface area (Å²) in [6.07, 6.45) is 5.09. The monoisotopic (exact) mass is 521 g/mol. The maximum atomic E-state index is 14.2. The molecule has 1 aromatic carbocycles. The van der Waals surface area contributed by atoms with Gasteiger partial charge in [-0.05, 0) is 38.7 Å². The van der Waals surface area contributed by atoms with E-state index in [9.17, 15) is 23.9 Å². The van der Waals surface area contributed by atoms with Crippen molar-refractivity contribution in [2.75, 3.05) is 0 Å². The minimum Gasteiger partial charge on any atom is -0.481 e. The molecule has 2 unspecified atom stereocenters. The lowest BCUT2D eigenvalue weighted by atomic mass is 9.80. The molecule has 5 N–H and O–H groups in total. The zero-order chi connectivity index (χ0) is 27.4. The van der Waals surface area contributed by atoms with Crippen molar-refractivity contribution in [3.05, 3.63) is 53.6 Å². The Morgan fingerprint density at radius 3 is 2.11 bits per heavy atom. The van der Waals surface area contributed by atoms with E-state index in [1.54, 1.807) is 12.1 Å². The van der Waals surface area contributed by atoms with Gasteiger partial charge < -0.3 is 25.5 Å². The predicted octanol–water partition coefficient (Wildman–Crippen LogP) is 1.81. The number of rotatable bonds is 9. The molecule has 2 bridgehead atoms. The number of aliphatic hydroxyl groups is 2. The van der Waals surface area contributed by atoms with E-state index < -0.39 is 42.0 Å². The summed E-state index contributed by atoms with van der Waals surface area (Å²) in [6, 6.07) is 7.27. The number of hydrogen-bond acceptors (Lipinski definition) is 7. The topological polar surface area (TPSA) is 173 Å². The van der Waals surface area contributed by atoms with E-state index in [-0.39, 0.29) is 5.82 Å². The highest BCUT2D eigenvalue weighted by Crippen LogP contribution is 2.46. The third kappa shape index (κ3) is 6.70. The van der Waals surface area contributed by atoms with Crippen LogP contribution in [0.1, 0.15) is 56.6 Å². The molecule has 2 fully saturated rings. The summed E-state index contributed by atoms with van der Waals surface area (Å²) in [5, 5.41) is 49.3. The lowest BCUT2D eigenvalue weighted by Crippen LogP contribution is -2.49. The lowest BCUT2D eigenvalue weighted by Gasteiger charge is -2.44. The Labute approximate surface area is 212 Å². The summed E-state index contributed by atoms with van der Waals surface area (Å²) in [5.41, 5.74) is -2.11. The number of benzene rings is 1. The van der Waals surface area contributed by atoms with Crippen molar-refractivity contribution < 1.29 is 44.3 Å². The van der Waals surface area contributed by atoms with Crippen molar-refractivity contribution in [2.45, 2.75) is 81.8 Å². The van der Waals surface area contributed by atoms with Gasteiger partial charge in [0.1, 0.15) is 5.82 Å². The minimum atomic E-state index is -2.74. The molecule has 0 saturated carbocycles. The van der Waals surface area contributed by atoms with Gasteiger partial charge in [-0.15, -0.1) is 0 Å². The second-order valence-corrected chi connectivity index (χ2v) is 9.66. The first-order chi connectivity index (χ1) is 17.4. The number of carboxylic acid groups (broad SMARTS) is 3. The lowest BCUT2D eigenvalue weighted by molar-refractivity contribution is -0.170. The number of hydrogen-bond donors (Lipinski definition) is 5. The standard InChI is InChI=1S/C19H24FN3O.C6H8O7/c1-2-22-12-14(11-21-22)13-23-15-7-8-16(23)10-19(24,9-15)17-5-3-4-6-18(17)20;7-3(8)1-6(13,5(11)12)2-4(9)10/h3-6,11-12,15-16,24H,2,7-10,13H2,1H3;13H,1-2H2,(H,7,8)(H,9,10)(H,11,12). The number of fused-ring (bicyclic) bond motifs is 2. The molecule has 2 aliphatic heterocycles. The van der Waals surface area contributed by atoms with E-state index in [0.717, 1.165) is 25.9 Å². The van der Waals surface area contributed by atoms with E-state index in [4.69, 9.17) is 20.4 Å². The summed E-state index contributed by atoms with van der Waals surface area (Å²) in [4.78, 5) is 33.0. The number of halogens is 1. The van der Waals surface area contributed by atoms with Gasteiger partial charge in [-0.25, -0.2) is 9.18 Å². The molecule has 0 radical (unpaired) electrons. The van der Waals surface area contributed by atoms with Crippen LogP contribution in [0.15, 0.2) is 36.7 Å². The van der Waals surface area contributed by atoms with Crippen LogP contribution >= 0.6 is 0 Å². The molecule has 4 rings (SSSR count). The molecule has 202 valence electrons. The summed E-state index contributed by atoms with van der Waals surface area (Å²) in [5.74, 6) is -5.31. The molecular weight excluding hydrogens is 489 g/mol. The van der Waals surface area contributed by atoms with Crippen LogP contribution in [-0.4, -0.2) is 75.8 Å². The van der Waals surface area contributed by atoms with Gasteiger partial charge in [0.25, 0.3) is 0 Å². The Morgan fingerprint density at radius 1 is 1.08 bits per heavy atom. The Morgan fingerprint density at radius 2 is 1.65 bits per heavy atom. The van der Waals surface area contributed by atoms with Gasteiger partial charge in [0.2, 0.25) is 0 Å². The average Bonchev–Trinajstić information content (AvgIpc) is 3.35. The molecule has 0 spiro atoms. The molecule has 0 aliphatic carbocycles. The summed E-state index contributed by atoms with van der Waals surface area (Å²) in [6.45, 7) is 3.82. The zero-order valence-corrected chi connectivity index (χ0v) is 20.5. The Bertz CT molecular complexity index is 1110. The van der Waals surface area contributed by atoms with Gasteiger partial charge in [-0.3, -0.25) is 19.2 Å². The second-order valence-electron chi connectivity index (χ2n) is 9.66. The summed E-state index contributed by atoms with van der Waals surface area (Å²) in [7, 11) is 0. The quantitative estimate of drug-likeness (QED) is 0.327. The van der Waals surface area contributed by atoms with Crippen LogP contribution in [0.25, 0.3) is 0 Å². The largest absolute Gasteiger partial charge is 0.481 e. The highest BCUT2D eigenvalue weighted by Gasteiger charge is 2.49. The fourth-order valence-electron chi connectivity index (χ4n) is 5.22. The average molecular weight is 522 g/mol. The molecule has 2 aliphatic rings. The van der Waals surface area contributed by atoms with Gasteiger partial charge in [-0.1, -0.05) is 18.2 Å². The van der Waals surface area contributed by atoms with Crippen molar-refractivity contribution in [2.24, 2.45) is 0 Å². The number of carboxylic acids is 3. The van der Waals surface area contributed by atoms with Crippen LogP contribution in [0.5, 0.6) is 0 Å². The Balaban J connectivity index is 0.000000251. The minimum absolute atomic E-state index is 0.294. The highest BCUT2D eigenvalue weighted by atomic mass is 19.1. The van der Waals surface area contributed by atoms with Crippen molar-refractivity contribution in [1.82, 2.24) is 14.7 Å². The Kier molecular flexibility index (Phi) is 8.67. The third-order valence-electron chi connectivity index (χ3n) is 6.95. The first-order valence-corrected chi connectivity index (χ1v) is 12.0. The van der Waals surface area contributed by atoms with Crippen molar-refractivity contribution in [3.63, 3.8) is 0 Å². The van der Waals surface area contributed by atoms with E-state index in [2.05, 4.69) is 23.1 Å². The number of piperidine rings is 1. The number of aromatic nitrogens is 2. The van der Waals surface area contributed by atoms with Gasteiger partial charge in [0.15, 0.2) is 5.60 Å². The van der Waals surface area contributed by atoms with Gasteiger partial charge in [-0.2, -0.15) is 5.10 Å². The summed E-state index contributed by atoms with van der Waals surface area (Å²) < 4.78 is 16.1. The molecule has 0 amide bonds. The molecule has 11 nitrogen and oxygen atoms in total. The van der Waals surface area contributed by atoms with Crippen LogP contribution in [0, 0.1) is 5.82 Å². The Hall–Kier alpha value is -3.35. The SMILES string of the molecule is CCn1cc(CN2C3CCC2CC(O)(c2ccccc2F)C3)cn1.O=C(O)CC(O)(CC(=O)O)C(=O)O. The first kappa shape index (κ1) is 28.2. The molecule has 1 aromatic heterocycles. The van der Waals surface area contributed by atoms with E-state index in [1.807, 2.05) is 16.9 Å². The highest BCUT2D eigenvalue weighted by molar-refractivity contribution is 5.88. The molecule has 3 heterocycles. The fraction of sp³-hybridized carbons (Fsp3) is 0.520. The maximum Gasteiger partial charge on any atom is 0.336 e. The number of aliphatic carboxylic acids is 3. The van der Waals surface area contributed by atoms with Gasteiger partial charge in [0.05, 0.1) is 24.6 Å². The van der Waals surface area contributed by atoms with E-state index in [1.165, 1.54) is 11.6 Å². The number of nitrogens with zero attached hydrogens (tertiary/aromatic N) is 3. The molecular formula is C25H32FN3O8. The number of aryl methyl sites for hydroxylation is 1. The van der Waals surface area contributed by atoms with Crippen LogP contribution in [0.2, 0.25) is 0 Å². The third-order valence-corrected chi connectivity index (χ3v) is 6.95. The van der Waals surface area contributed by atoms with Crippen molar-refractivity contribution >= 4 is 17.9 Å². The van der Waals surface area contributed by atoms with Crippen molar-refractivity contribution in [3.8, 4) is 0 Å². The number of carbonyl (C=O) groups is 3. The van der Waals surface area contributed by atoms with Crippen LogP contribution in [-0.2, 0) is 33.1 Å². The van der Waals surface area contributed by atoms with Gasteiger partial charge >= 0.3 is 17.9 Å². The summed E-state index contributed by atoms with van der Waals surface area (Å²) >= 11 is 0. The van der Waals surface area contributed by atoms with Crippen LogP contribution in [0.3, 0.4) is 0 Å². The zero-order valence-electron chi connectivity index (χ0n) is 20.5. The van der Waals surface area contributed by atoms with E-state index >= 15 is 0 Å². The molecule has 37 heavy (non-hydrogen) atoms. The maximum absolute atomic E-state index is 14.2. The molecule has 2 atom stereocenters. The van der Waals surface area contributed by atoms with Crippen LogP contribution < -0.4 is 0 Å². The molecule has 12 heteroatoms. The smallest absolute Gasteiger partial charge is 0.336 e. The fourth-order valence-corrected chi connectivity index (χ4v) is 5.22. The molecule has 2 aromatic rings. The first-order valence-electron chi connectivity index (χ1n) is 12.0. The van der Waals surface area contributed by atoms with E-state index in [0.29, 0.717) is 30.5 Å². The molecule has 2 saturated heterocycles. The van der Waals surface area contributed by atoms with Gasteiger partial charge in [0, 0.05) is 42.5 Å². The normalized spacial score (nSPS) is 23.2. The second kappa shape index (κ2) is 11.4. The predicted molar refractivity (Wildman–Crippen MR) is 127 cm³/mol.